The summed E-state index contributed by atoms with van der Waals surface area (Å²) < 4.78 is 0. The molecule has 5 heteroatoms. The maximum Gasteiger partial charge on any atom is 0.480 e. The third-order valence-corrected chi connectivity index (χ3v) is 2.53. The van der Waals surface area contributed by atoms with E-state index in [4.69, 9.17) is 15.3 Å². The van der Waals surface area contributed by atoms with E-state index in [0.29, 0.717) is 12.8 Å². The Hall–Kier alpha value is -0.825. The van der Waals surface area contributed by atoms with Crippen LogP contribution in [0.3, 0.4) is 0 Å². The van der Waals surface area contributed by atoms with Gasteiger partial charge in [0.25, 0.3) is 0 Å². The molecule has 0 bridgehead atoms. The second-order valence-electron chi connectivity index (χ2n) is 3.61. The van der Waals surface area contributed by atoms with Crippen LogP contribution in [0.1, 0.15) is 19.8 Å². The van der Waals surface area contributed by atoms with Gasteiger partial charge in [-0.2, -0.15) is 5.26 Å². The molecule has 4 nitrogen and oxygen atoms in total. The van der Waals surface area contributed by atoms with Gasteiger partial charge in [0.1, 0.15) is 0 Å². The fourth-order valence-electron chi connectivity index (χ4n) is 1.29. The Labute approximate surface area is 77.3 Å². The van der Waals surface area contributed by atoms with Crippen molar-refractivity contribution in [2.45, 2.75) is 25.4 Å². The van der Waals surface area contributed by atoms with Crippen LogP contribution in [0.5, 0.6) is 0 Å². The minimum Gasteiger partial charge on any atom is -0.424 e. The molecule has 1 rings (SSSR count). The van der Waals surface area contributed by atoms with E-state index in [1.54, 1.807) is 0 Å². The van der Waals surface area contributed by atoms with Gasteiger partial charge in [-0.25, -0.2) is 0 Å². The fourth-order valence-corrected chi connectivity index (χ4v) is 1.29. The standard InChI is InChI=1S/C8H12BNO3/c1-7(11,4-5-9(12)13)8(6-10)2-3-8/h4-5,11-13H,2-3H2,1H3/b5-4+/t7-/m0/s1. The molecule has 0 aromatic carbocycles. The first-order valence-corrected chi connectivity index (χ1v) is 4.13. The summed E-state index contributed by atoms with van der Waals surface area (Å²) in [6, 6.07) is 2.05. The third kappa shape index (κ3) is 1.91. The van der Waals surface area contributed by atoms with E-state index in [1.165, 1.54) is 13.0 Å². The van der Waals surface area contributed by atoms with Gasteiger partial charge in [0.15, 0.2) is 0 Å². The van der Waals surface area contributed by atoms with Crippen molar-refractivity contribution in [2.24, 2.45) is 5.41 Å². The highest BCUT2D eigenvalue weighted by Crippen LogP contribution is 2.53. The average molecular weight is 181 g/mol. The Morgan fingerprint density at radius 2 is 2.08 bits per heavy atom. The SMILES string of the molecule is C[C@](O)(/C=C/B(O)O)C1(C#N)CC1. The zero-order valence-corrected chi connectivity index (χ0v) is 7.44. The Bertz CT molecular complexity index is 263. The second-order valence-corrected chi connectivity index (χ2v) is 3.61. The van der Waals surface area contributed by atoms with Crippen LogP contribution in [0.15, 0.2) is 12.1 Å². The molecule has 1 atom stereocenters. The van der Waals surface area contributed by atoms with E-state index >= 15 is 0 Å². The van der Waals surface area contributed by atoms with E-state index in [1.807, 2.05) is 0 Å². The Morgan fingerprint density at radius 3 is 2.38 bits per heavy atom. The quantitative estimate of drug-likeness (QED) is 0.517. The highest BCUT2D eigenvalue weighted by Gasteiger charge is 2.55. The molecule has 1 fully saturated rings. The third-order valence-electron chi connectivity index (χ3n) is 2.53. The summed E-state index contributed by atoms with van der Waals surface area (Å²) in [6.45, 7) is 1.50. The van der Waals surface area contributed by atoms with Gasteiger partial charge < -0.3 is 15.2 Å². The molecule has 0 radical (unpaired) electrons. The lowest BCUT2D eigenvalue weighted by Gasteiger charge is -2.24. The molecule has 1 aliphatic rings. The second kappa shape index (κ2) is 3.15. The highest BCUT2D eigenvalue weighted by atomic mass is 16.4. The molecular formula is C8H12BNO3. The van der Waals surface area contributed by atoms with Gasteiger partial charge in [0.2, 0.25) is 0 Å². The van der Waals surface area contributed by atoms with E-state index in [0.717, 1.165) is 5.98 Å². The highest BCUT2D eigenvalue weighted by molar-refractivity contribution is 6.47. The lowest BCUT2D eigenvalue weighted by atomic mass is 9.82. The largest absolute Gasteiger partial charge is 0.480 e. The summed E-state index contributed by atoms with van der Waals surface area (Å²) in [5, 5.41) is 35.7. The van der Waals surface area contributed by atoms with Crippen molar-refractivity contribution in [1.29, 1.82) is 5.26 Å². The molecular weight excluding hydrogens is 169 g/mol. The van der Waals surface area contributed by atoms with Gasteiger partial charge in [-0.15, -0.1) is 0 Å². The van der Waals surface area contributed by atoms with Crippen molar-refractivity contribution in [1.82, 2.24) is 0 Å². The molecule has 0 heterocycles. The van der Waals surface area contributed by atoms with Crippen LogP contribution in [0.25, 0.3) is 0 Å². The molecule has 1 aliphatic carbocycles. The molecule has 13 heavy (non-hydrogen) atoms. The minimum absolute atomic E-state index is 0.655. The molecule has 0 aromatic heterocycles. The van der Waals surface area contributed by atoms with Gasteiger partial charge in [0, 0.05) is 0 Å². The summed E-state index contributed by atoms with van der Waals surface area (Å²) >= 11 is 0. The summed E-state index contributed by atoms with van der Waals surface area (Å²) in [7, 11) is -1.58. The maximum atomic E-state index is 9.82. The van der Waals surface area contributed by atoms with Crippen molar-refractivity contribution in [3.8, 4) is 6.07 Å². The molecule has 0 saturated heterocycles. The number of rotatable bonds is 3. The molecule has 0 aromatic rings. The zero-order valence-electron chi connectivity index (χ0n) is 7.44. The number of hydrogen-bond acceptors (Lipinski definition) is 4. The topological polar surface area (TPSA) is 84.5 Å². The smallest absolute Gasteiger partial charge is 0.424 e. The molecule has 0 unspecified atom stereocenters. The van der Waals surface area contributed by atoms with Crippen LogP contribution in [0, 0.1) is 16.7 Å². The normalized spacial score (nSPS) is 23.6. The Kier molecular flexibility index (Phi) is 2.48. The lowest BCUT2D eigenvalue weighted by molar-refractivity contribution is 0.0580. The van der Waals surface area contributed by atoms with Crippen LogP contribution in [0.2, 0.25) is 0 Å². The van der Waals surface area contributed by atoms with Crippen molar-refractivity contribution < 1.29 is 15.2 Å². The zero-order chi connectivity index (χ0) is 10.1. The van der Waals surface area contributed by atoms with E-state index in [2.05, 4.69) is 6.07 Å². The molecule has 3 N–H and O–H groups in total. The first-order valence-electron chi connectivity index (χ1n) is 4.13. The molecule has 70 valence electrons. The molecule has 0 spiro atoms. The first-order chi connectivity index (χ1) is 5.93. The summed E-state index contributed by atoms with van der Waals surface area (Å²) in [6.07, 6.45) is 2.58. The van der Waals surface area contributed by atoms with Crippen LogP contribution >= 0.6 is 0 Å². The monoisotopic (exact) mass is 181 g/mol. The molecule has 0 aliphatic heterocycles. The van der Waals surface area contributed by atoms with Crippen molar-refractivity contribution in [3.05, 3.63) is 12.1 Å². The average Bonchev–Trinajstić information content (AvgIpc) is 2.81. The summed E-state index contributed by atoms with van der Waals surface area (Å²) in [5.41, 5.74) is -2.00. The van der Waals surface area contributed by atoms with Crippen LogP contribution in [0.4, 0.5) is 0 Å². The van der Waals surface area contributed by atoms with Gasteiger partial charge in [-0.3, -0.25) is 0 Å². The minimum atomic E-state index is -1.58. The predicted octanol–water partition coefficient (Wildman–Crippen LogP) is -0.391. The van der Waals surface area contributed by atoms with Crippen molar-refractivity contribution in [2.75, 3.05) is 0 Å². The fraction of sp³-hybridized carbons (Fsp3) is 0.625. The number of nitrogens with zero attached hydrogens (tertiary/aromatic N) is 1. The predicted molar refractivity (Wildman–Crippen MR) is 47.2 cm³/mol. The summed E-state index contributed by atoms with van der Waals surface area (Å²) in [5.74, 6) is 1.07. The number of nitriles is 1. The van der Waals surface area contributed by atoms with Gasteiger partial charge in [-0.1, -0.05) is 12.1 Å². The van der Waals surface area contributed by atoms with Crippen molar-refractivity contribution >= 4 is 7.12 Å². The Balaban J connectivity index is 2.73. The van der Waals surface area contributed by atoms with E-state index in [9.17, 15) is 5.11 Å². The van der Waals surface area contributed by atoms with Gasteiger partial charge in [-0.05, 0) is 19.8 Å². The summed E-state index contributed by atoms with van der Waals surface area (Å²) in [4.78, 5) is 0. The lowest BCUT2D eigenvalue weighted by Crippen LogP contribution is -2.33. The molecule has 1 saturated carbocycles. The maximum absolute atomic E-state index is 9.82. The van der Waals surface area contributed by atoms with Gasteiger partial charge >= 0.3 is 7.12 Å². The van der Waals surface area contributed by atoms with Crippen LogP contribution in [-0.4, -0.2) is 27.9 Å². The molecule has 0 amide bonds. The number of hydrogen-bond donors (Lipinski definition) is 3. The Morgan fingerprint density at radius 1 is 1.54 bits per heavy atom. The first kappa shape index (κ1) is 10.3. The number of aliphatic hydroxyl groups is 1. The van der Waals surface area contributed by atoms with E-state index < -0.39 is 18.1 Å². The van der Waals surface area contributed by atoms with Crippen LogP contribution in [-0.2, 0) is 0 Å². The van der Waals surface area contributed by atoms with Crippen LogP contribution < -0.4 is 0 Å². The van der Waals surface area contributed by atoms with E-state index in [-0.39, 0.29) is 0 Å². The van der Waals surface area contributed by atoms with Gasteiger partial charge in [0.05, 0.1) is 17.1 Å². The van der Waals surface area contributed by atoms with Crippen molar-refractivity contribution in [3.63, 3.8) is 0 Å².